The molecule has 0 spiro atoms. The zero-order valence-electron chi connectivity index (χ0n) is 6.84. The molecule has 0 radical (unpaired) electrons. The van der Waals surface area contributed by atoms with Crippen molar-refractivity contribution in [3.8, 4) is 0 Å². The molecular weight excluding hydrogens is 142 g/mol. The maximum absolute atomic E-state index is 10.6. The summed E-state index contributed by atoms with van der Waals surface area (Å²) in [5.74, 6) is -0.827. The van der Waals surface area contributed by atoms with Crippen LogP contribution in [0.15, 0.2) is 0 Å². The average molecular weight is 157 g/mol. The Morgan fingerprint density at radius 1 is 1.55 bits per heavy atom. The molecule has 1 rings (SSSR count). The van der Waals surface area contributed by atoms with E-state index in [1.807, 2.05) is 0 Å². The van der Waals surface area contributed by atoms with Gasteiger partial charge in [-0.25, -0.2) is 0 Å². The Balaban J connectivity index is 2.40. The quantitative estimate of drug-likeness (QED) is 0.593. The highest BCUT2D eigenvalue weighted by Gasteiger charge is 2.20. The van der Waals surface area contributed by atoms with Crippen molar-refractivity contribution in [2.24, 2.45) is 5.92 Å². The summed E-state index contributed by atoms with van der Waals surface area (Å²) in [6, 6.07) is 0.486. The molecule has 3 heteroatoms. The maximum atomic E-state index is 10.6. The minimum atomic E-state index is -0.661. The van der Waals surface area contributed by atoms with E-state index in [-0.39, 0.29) is 5.92 Å². The van der Waals surface area contributed by atoms with E-state index in [0.29, 0.717) is 12.6 Å². The second-order valence-corrected chi connectivity index (χ2v) is 3.28. The second-order valence-electron chi connectivity index (χ2n) is 3.28. The third-order valence-electron chi connectivity index (χ3n) is 2.25. The molecule has 0 saturated carbocycles. The molecule has 0 aliphatic carbocycles. The average Bonchev–Trinajstić information content (AvgIpc) is 2.13. The van der Waals surface area contributed by atoms with Gasteiger partial charge in [0.1, 0.15) is 0 Å². The number of carboxylic acids is 1. The minimum Gasteiger partial charge on any atom is -0.481 e. The van der Waals surface area contributed by atoms with E-state index in [0.717, 1.165) is 19.3 Å². The van der Waals surface area contributed by atoms with Crippen molar-refractivity contribution in [2.75, 3.05) is 6.54 Å². The minimum absolute atomic E-state index is 0.167. The molecule has 2 atom stereocenters. The normalized spacial score (nSPS) is 32.8. The summed E-state index contributed by atoms with van der Waals surface area (Å²) in [6.07, 6.45) is 2.96. The van der Waals surface area contributed by atoms with Crippen molar-refractivity contribution >= 4 is 5.97 Å². The van der Waals surface area contributed by atoms with Gasteiger partial charge < -0.3 is 10.4 Å². The second kappa shape index (κ2) is 3.72. The third-order valence-corrected chi connectivity index (χ3v) is 2.25. The summed E-state index contributed by atoms with van der Waals surface area (Å²) < 4.78 is 0. The number of rotatable bonds is 1. The smallest absolute Gasteiger partial charge is 0.307 e. The molecule has 1 saturated heterocycles. The Morgan fingerprint density at radius 2 is 2.27 bits per heavy atom. The van der Waals surface area contributed by atoms with Crippen LogP contribution in [0.3, 0.4) is 0 Å². The maximum Gasteiger partial charge on any atom is 0.307 e. The number of carboxylic acid groups (broad SMARTS) is 1. The van der Waals surface area contributed by atoms with Gasteiger partial charge in [-0.3, -0.25) is 4.79 Å². The summed E-state index contributed by atoms with van der Waals surface area (Å²) in [7, 11) is 0. The fourth-order valence-electron chi connectivity index (χ4n) is 1.43. The molecule has 0 amide bonds. The van der Waals surface area contributed by atoms with Crippen LogP contribution in [0, 0.1) is 5.92 Å². The van der Waals surface area contributed by atoms with Gasteiger partial charge in [0.05, 0.1) is 5.92 Å². The molecule has 64 valence electrons. The summed E-state index contributed by atoms with van der Waals surface area (Å²) in [5.41, 5.74) is 0. The molecule has 1 aliphatic heterocycles. The number of aliphatic carboxylic acids is 1. The molecule has 2 unspecified atom stereocenters. The molecule has 1 fully saturated rings. The highest BCUT2D eigenvalue weighted by molar-refractivity contribution is 5.70. The fourth-order valence-corrected chi connectivity index (χ4v) is 1.43. The van der Waals surface area contributed by atoms with Crippen LogP contribution in [-0.2, 0) is 4.79 Å². The van der Waals surface area contributed by atoms with Crippen molar-refractivity contribution in [3.05, 3.63) is 0 Å². The van der Waals surface area contributed by atoms with E-state index in [9.17, 15) is 4.79 Å². The molecule has 1 aliphatic rings. The van der Waals surface area contributed by atoms with Gasteiger partial charge in [0.25, 0.3) is 0 Å². The van der Waals surface area contributed by atoms with Crippen molar-refractivity contribution in [2.45, 2.75) is 32.2 Å². The molecule has 0 aromatic heterocycles. The molecule has 0 aromatic carbocycles. The first-order chi connectivity index (χ1) is 5.20. The summed E-state index contributed by atoms with van der Waals surface area (Å²) in [6.45, 7) is 2.74. The van der Waals surface area contributed by atoms with Gasteiger partial charge in [-0.2, -0.15) is 0 Å². The topological polar surface area (TPSA) is 49.3 Å². The van der Waals surface area contributed by atoms with Crippen LogP contribution in [0.4, 0.5) is 0 Å². The lowest BCUT2D eigenvalue weighted by atomic mass is 10.0. The monoisotopic (exact) mass is 157 g/mol. The molecule has 1 heterocycles. The van der Waals surface area contributed by atoms with Crippen LogP contribution >= 0.6 is 0 Å². The van der Waals surface area contributed by atoms with Gasteiger partial charge in [-0.15, -0.1) is 0 Å². The van der Waals surface area contributed by atoms with E-state index in [1.165, 1.54) is 0 Å². The van der Waals surface area contributed by atoms with Crippen LogP contribution < -0.4 is 5.32 Å². The van der Waals surface area contributed by atoms with Gasteiger partial charge in [-0.1, -0.05) is 6.42 Å². The standard InChI is InChI=1S/C8H15NO2/c1-6-3-2-4-7(5-9-6)8(10)11/h6-7,9H,2-5H2,1H3,(H,10,11). The SMILES string of the molecule is CC1CCCC(C(=O)O)CN1. The highest BCUT2D eigenvalue weighted by Crippen LogP contribution is 2.13. The van der Waals surface area contributed by atoms with Crippen LogP contribution in [-0.4, -0.2) is 23.7 Å². The van der Waals surface area contributed by atoms with E-state index in [1.54, 1.807) is 0 Å². The largest absolute Gasteiger partial charge is 0.481 e. The van der Waals surface area contributed by atoms with E-state index < -0.39 is 5.97 Å². The Labute approximate surface area is 66.8 Å². The Hall–Kier alpha value is -0.570. The molecule has 2 N–H and O–H groups in total. The predicted molar refractivity (Wildman–Crippen MR) is 42.4 cm³/mol. The third kappa shape index (κ3) is 2.50. The van der Waals surface area contributed by atoms with Gasteiger partial charge in [0, 0.05) is 12.6 Å². The van der Waals surface area contributed by atoms with E-state index in [4.69, 9.17) is 5.11 Å². The predicted octanol–water partition coefficient (Wildman–Crippen LogP) is 0.849. The lowest BCUT2D eigenvalue weighted by molar-refractivity contribution is -0.141. The summed E-state index contributed by atoms with van der Waals surface area (Å²) >= 11 is 0. The number of nitrogens with one attached hydrogen (secondary N) is 1. The summed E-state index contributed by atoms with van der Waals surface area (Å²) in [4.78, 5) is 10.6. The molecule has 0 aromatic rings. The first-order valence-electron chi connectivity index (χ1n) is 4.16. The molecular formula is C8H15NO2. The van der Waals surface area contributed by atoms with Crippen molar-refractivity contribution in [3.63, 3.8) is 0 Å². The van der Waals surface area contributed by atoms with Crippen molar-refractivity contribution in [1.29, 1.82) is 0 Å². The molecule has 11 heavy (non-hydrogen) atoms. The Kier molecular flexibility index (Phi) is 2.88. The lowest BCUT2D eigenvalue weighted by Crippen LogP contribution is -2.31. The number of hydrogen-bond acceptors (Lipinski definition) is 2. The Bertz CT molecular complexity index is 147. The fraction of sp³-hybridized carbons (Fsp3) is 0.875. The highest BCUT2D eigenvalue weighted by atomic mass is 16.4. The van der Waals surface area contributed by atoms with Gasteiger partial charge in [0.15, 0.2) is 0 Å². The number of hydrogen-bond donors (Lipinski definition) is 2. The van der Waals surface area contributed by atoms with Crippen molar-refractivity contribution in [1.82, 2.24) is 5.32 Å². The molecule has 0 bridgehead atoms. The van der Waals surface area contributed by atoms with Gasteiger partial charge in [0.2, 0.25) is 0 Å². The van der Waals surface area contributed by atoms with Crippen LogP contribution in [0.1, 0.15) is 26.2 Å². The van der Waals surface area contributed by atoms with Gasteiger partial charge >= 0.3 is 5.97 Å². The van der Waals surface area contributed by atoms with Crippen LogP contribution in [0.25, 0.3) is 0 Å². The lowest BCUT2D eigenvalue weighted by Gasteiger charge is -2.09. The number of carbonyl (C=O) groups is 1. The first-order valence-corrected chi connectivity index (χ1v) is 4.16. The summed E-state index contributed by atoms with van der Waals surface area (Å²) in [5, 5.41) is 11.9. The van der Waals surface area contributed by atoms with Crippen LogP contribution in [0.2, 0.25) is 0 Å². The van der Waals surface area contributed by atoms with E-state index >= 15 is 0 Å². The first kappa shape index (κ1) is 8.53. The Morgan fingerprint density at radius 3 is 2.91 bits per heavy atom. The van der Waals surface area contributed by atoms with Gasteiger partial charge in [-0.05, 0) is 19.8 Å². The molecule has 3 nitrogen and oxygen atoms in total. The zero-order valence-corrected chi connectivity index (χ0v) is 6.84. The zero-order chi connectivity index (χ0) is 8.27. The van der Waals surface area contributed by atoms with Crippen molar-refractivity contribution < 1.29 is 9.90 Å². The van der Waals surface area contributed by atoms with E-state index in [2.05, 4.69) is 12.2 Å². The van der Waals surface area contributed by atoms with Crippen LogP contribution in [0.5, 0.6) is 0 Å².